The fourth-order valence-electron chi connectivity index (χ4n) is 4.89. The zero-order chi connectivity index (χ0) is 20.9. The summed E-state index contributed by atoms with van der Waals surface area (Å²) in [6.45, 7) is 7.06. The summed E-state index contributed by atoms with van der Waals surface area (Å²) in [6.07, 6.45) is 3.55. The number of hydrogen-bond acceptors (Lipinski definition) is 4. The third kappa shape index (κ3) is 3.30. The van der Waals surface area contributed by atoms with Crippen molar-refractivity contribution in [3.8, 4) is 17.0 Å². The van der Waals surface area contributed by atoms with Gasteiger partial charge in [0, 0.05) is 49.9 Å². The molecule has 0 N–H and O–H groups in total. The number of aromatic nitrogens is 1. The SMILES string of the molecule is COCCCOc1cc2c(cc1Cl)-c1cc(=O)c(C(C)=O)cn1[C@H]1[C@@H]2CC1(C)C. The van der Waals surface area contributed by atoms with Gasteiger partial charge in [-0.15, -0.1) is 0 Å². The second-order valence-electron chi connectivity index (χ2n) is 8.71. The number of fused-ring (bicyclic) bond motifs is 6. The fraction of sp³-hybridized carbons (Fsp3) is 0.478. The lowest BCUT2D eigenvalue weighted by Crippen LogP contribution is -2.46. The molecule has 2 heterocycles. The first-order valence-electron chi connectivity index (χ1n) is 9.97. The second kappa shape index (κ2) is 7.29. The minimum absolute atomic E-state index is 0.0688. The highest BCUT2D eigenvalue weighted by Crippen LogP contribution is 2.63. The minimum atomic E-state index is -0.249. The number of nitrogens with zero attached hydrogens (tertiary/aromatic N) is 1. The predicted molar refractivity (Wildman–Crippen MR) is 113 cm³/mol. The summed E-state index contributed by atoms with van der Waals surface area (Å²) in [4.78, 5) is 24.5. The molecule has 4 rings (SSSR count). The lowest BCUT2D eigenvalue weighted by molar-refractivity contribution is 0.0448. The maximum absolute atomic E-state index is 12.6. The number of carbonyl (C=O) groups is 1. The van der Waals surface area contributed by atoms with E-state index < -0.39 is 0 Å². The molecule has 0 spiro atoms. The molecule has 1 aromatic carbocycles. The van der Waals surface area contributed by atoms with E-state index in [1.807, 2.05) is 12.1 Å². The van der Waals surface area contributed by atoms with E-state index in [0.717, 1.165) is 29.7 Å². The summed E-state index contributed by atoms with van der Waals surface area (Å²) < 4.78 is 13.1. The molecule has 1 fully saturated rings. The fourth-order valence-corrected chi connectivity index (χ4v) is 5.11. The highest BCUT2D eigenvalue weighted by Gasteiger charge is 2.52. The number of halogens is 1. The predicted octanol–water partition coefficient (Wildman–Crippen LogP) is 4.85. The Morgan fingerprint density at radius 3 is 2.69 bits per heavy atom. The van der Waals surface area contributed by atoms with E-state index in [1.54, 1.807) is 19.4 Å². The number of methoxy groups -OCH3 is 1. The molecule has 0 saturated heterocycles. The first-order chi connectivity index (χ1) is 13.7. The van der Waals surface area contributed by atoms with Gasteiger partial charge in [0.25, 0.3) is 0 Å². The summed E-state index contributed by atoms with van der Waals surface area (Å²) in [6, 6.07) is 5.69. The van der Waals surface area contributed by atoms with Gasteiger partial charge in [-0.1, -0.05) is 25.4 Å². The molecule has 1 aromatic heterocycles. The van der Waals surface area contributed by atoms with E-state index in [1.165, 1.54) is 6.92 Å². The molecule has 0 unspecified atom stereocenters. The lowest BCUT2D eigenvalue weighted by atomic mass is 9.55. The molecule has 2 aliphatic rings. The van der Waals surface area contributed by atoms with Gasteiger partial charge in [-0.3, -0.25) is 9.59 Å². The Balaban J connectivity index is 1.82. The largest absolute Gasteiger partial charge is 0.492 e. The Kier molecular flexibility index (Phi) is 5.07. The van der Waals surface area contributed by atoms with Crippen molar-refractivity contribution in [2.24, 2.45) is 5.41 Å². The van der Waals surface area contributed by atoms with Crippen LogP contribution < -0.4 is 10.2 Å². The van der Waals surface area contributed by atoms with Gasteiger partial charge in [0.15, 0.2) is 11.2 Å². The van der Waals surface area contributed by atoms with E-state index in [2.05, 4.69) is 18.4 Å². The van der Waals surface area contributed by atoms with Gasteiger partial charge in [0.2, 0.25) is 0 Å². The summed E-state index contributed by atoms with van der Waals surface area (Å²) in [7, 11) is 1.67. The van der Waals surface area contributed by atoms with Crippen LogP contribution in [-0.2, 0) is 4.74 Å². The monoisotopic (exact) mass is 415 g/mol. The molecule has 0 bridgehead atoms. The van der Waals surface area contributed by atoms with Gasteiger partial charge < -0.3 is 14.0 Å². The maximum Gasteiger partial charge on any atom is 0.192 e. The Morgan fingerprint density at radius 1 is 1.28 bits per heavy atom. The third-order valence-corrected chi connectivity index (χ3v) is 6.51. The number of ether oxygens (including phenoxy) is 2. The molecule has 29 heavy (non-hydrogen) atoms. The van der Waals surface area contributed by atoms with Crippen molar-refractivity contribution in [2.45, 2.75) is 45.6 Å². The van der Waals surface area contributed by atoms with Gasteiger partial charge in [0.1, 0.15) is 5.75 Å². The molecule has 1 saturated carbocycles. The number of pyridine rings is 1. The summed E-state index contributed by atoms with van der Waals surface area (Å²) in [5.41, 5.74) is 2.99. The molecule has 0 amide bonds. The van der Waals surface area contributed by atoms with Crippen LogP contribution in [0.4, 0.5) is 0 Å². The third-order valence-electron chi connectivity index (χ3n) is 6.22. The van der Waals surface area contributed by atoms with Crippen molar-refractivity contribution in [3.63, 3.8) is 0 Å². The summed E-state index contributed by atoms with van der Waals surface area (Å²) >= 11 is 6.52. The van der Waals surface area contributed by atoms with Crippen LogP contribution >= 0.6 is 11.6 Å². The van der Waals surface area contributed by atoms with Gasteiger partial charge in [-0.25, -0.2) is 0 Å². The number of benzene rings is 1. The molecule has 1 aliphatic heterocycles. The van der Waals surface area contributed by atoms with Crippen LogP contribution in [-0.4, -0.2) is 30.7 Å². The van der Waals surface area contributed by atoms with Gasteiger partial charge in [-0.2, -0.15) is 0 Å². The van der Waals surface area contributed by atoms with Crippen molar-refractivity contribution in [1.82, 2.24) is 4.57 Å². The van der Waals surface area contributed by atoms with Gasteiger partial charge in [-0.05, 0) is 36.5 Å². The first kappa shape index (κ1) is 20.2. The van der Waals surface area contributed by atoms with E-state index in [-0.39, 0.29) is 28.2 Å². The van der Waals surface area contributed by atoms with Crippen LogP contribution in [0.1, 0.15) is 61.5 Å². The average molecular weight is 416 g/mol. The number of carbonyl (C=O) groups excluding carboxylic acids is 1. The number of rotatable bonds is 6. The van der Waals surface area contributed by atoms with Crippen molar-refractivity contribution < 1.29 is 14.3 Å². The zero-order valence-corrected chi connectivity index (χ0v) is 18.0. The van der Waals surface area contributed by atoms with E-state index >= 15 is 0 Å². The van der Waals surface area contributed by atoms with Crippen LogP contribution in [0, 0.1) is 5.41 Å². The highest BCUT2D eigenvalue weighted by atomic mass is 35.5. The smallest absolute Gasteiger partial charge is 0.192 e. The Hall–Kier alpha value is -2.11. The Morgan fingerprint density at radius 2 is 2.03 bits per heavy atom. The van der Waals surface area contributed by atoms with Crippen molar-refractivity contribution in [3.05, 3.63) is 50.8 Å². The Labute approximate surface area is 175 Å². The van der Waals surface area contributed by atoms with E-state index in [4.69, 9.17) is 21.1 Å². The molecular formula is C23H26ClNO4. The number of ketones is 1. The van der Waals surface area contributed by atoms with Crippen LogP contribution in [0.3, 0.4) is 0 Å². The van der Waals surface area contributed by atoms with Crippen LogP contribution in [0.15, 0.2) is 29.2 Å². The number of hydrogen-bond donors (Lipinski definition) is 0. The second-order valence-corrected chi connectivity index (χ2v) is 9.12. The lowest BCUT2D eigenvalue weighted by Gasteiger charge is -2.56. The van der Waals surface area contributed by atoms with E-state index in [9.17, 15) is 9.59 Å². The van der Waals surface area contributed by atoms with Crippen LogP contribution in [0.5, 0.6) is 5.75 Å². The molecule has 154 valence electrons. The molecule has 1 aliphatic carbocycles. The summed E-state index contributed by atoms with van der Waals surface area (Å²) in [5, 5.41) is 0.521. The average Bonchev–Trinajstić information content (AvgIpc) is 2.64. The molecule has 5 nitrogen and oxygen atoms in total. The van der Waals surface area contributed by atoms with Crippen molar-refractivity contribution >= 4 is 17.4 Å². The zero-order valence-electron chi connectivity index (χ0n) is 17.3. The Bertz CT molecular complexity index is 1040. The maximum atomic E-state index is 12.6. The van der Waals surface area contributed by atoms with Gasteiger partial charge in [0.05, 0.1) is 22.9 Å². The van der Waals surface area contributed by atoms with Crippen LogP contribution in [0.2, 0.25) is 5.02 Å². The quantitative estimate of drug-likeness (QED) is 0.499. The first-order valence-corrected chi connectivity index (χ1v) is 10.3. The molecule has 0 radical (unpaired) electrons. The van der Waals surface area contributed by atoms with Gasteiger partial charge >= 0.3 is 0 Å². The normalized spacial score (nSPS) is 20.9. The molecular weight excluding hydrogens is 390 g/mol. The topological polar surface area (TPSA) is 57.5 Å². The van der Waals surface area contributed by atoms with Crippen molar-refractivity contribution in [2.75, 3.05) is 20.3 Å². The highest BCUT2D eigenvalue weighted by molar-refractivity contribution is 6.32. The molecule has 6 heteroatoms. The standard InChI is InChI=1S/C23H26ClNO4/c1-13(26)17-12-25-19(10-20(17)27)15-8-18(24)21(29-7-5-6-28-4)9-14(15)16-11-23(2,3)22(16)25/h8-10,12,16,22H,5-7,11H2,1-4H3/t16-,22+/m1/s1. The molecule has 2 atom stereocenters. The summed E-state index contributed by atoms with van der Waals surface area (Å²) in [5.74, 6) is 0.761. The molecule has 2 aromatic rings. The van der Waals surface area contributed by atoms with Crippen LogP contribution in [0.25, 0.3) is 11.3 Å². The van der Waals surface area contributed by atoms with Crippen molar-refractivity contribution in [1.29, 1.82) is 0 Å². The van der Waals surface area contributed by atoms with E-state index in [0.29, 0.717) is 29.9 Å². The number of Topliss-reactive ketones (excluding diaryl/α,β-unsaturated/α-hetero) is 1. The minimum Gasteiger partial charge on any atom is -0.492 e.